The number of benzene rings is 1. The molecular weight excluding hydrogens is 294 g/mol. The number of hydrogen-bond donors (Lipinski definition) is 0. The lowest BCUT2D eigenvalue weighted by atomic mass is 10.2. The van der Waals surface area contributed by atoms with Crippen LogP contribution in [0, 0.1) is 5.92 Å². The molecule has 120 valence electrons. The first kappa shape index (κ1) is 14.2. The molecule has 6 heteroatoms. The fourth-order valence-electron chi connectivity index (χ4n) is 3.08. The normalized spacial score (nSPS) is 20.7. The second-order valence-corrected chi connectivity index (χ2v) is 6.15. The van der Waals surface area contributed by atoms with Crippen LogP contribution in [0.5, 0.6) is 5.75 Å². The van der Waals surface area contributed by atoms with E-state index in [9.17, 15) is 4.79 Å². The minimum atomic E-state index is -0.0670. The summed E-state index contributed by atoms with van der Waals surface area (Å²) in [5.74, 6) is 2.35. The zero-order valence-corrected chi connectivity index (χ0v) is 13.1. The molecule has 1 aliphatic heterocycles. The Morgan fingerprint density at radius 1 is 1.26 bits per heavy atom. The van der Waals surface area contributed by atoms with E-state index < -0.39 is 0 Å². The number of rotatable bonds is 4. The highest BCUT2D eigenvalue weighted by molar-refractivity contribution is 5.81. The molecule has 6 nitrogen and oxygen atoms in total. The average molecular weight is 313 g/mol. The fraction of sp³-hybridized carbons (Fsp3) is 0.471. The maximum atomic E-state index is 12.4. The molecule has 0 unspecified atom stereocenters. The van der Waals surface area contributed by atoms with E-state index in [0.29, 0.717) is 11.7 Å². The third-order valence-corrected chi connectivity index (χ3v) is 4.54. The Morgan fingerprint density at radius 2 is 2.04 bits per heavy atom. The second kappa shape index (κ2) is 5.68. The summed E-state index contributed by atoms with van der Waals surface area (Å²) in [5.41, 5.74) is 0.874. The van der Waals surface area contributed by atoms with Crippen molar-refractivity contribution >= 4 is 5.91 Å². The molecular formula is C17H19N3O3. The van der Waals surface area contributed by atoms with Gasteiger partial charge in [-0.3, -0.25) is 4.79 Å². The van der Waals surface area contributed by atoms with Gasteiger partial charge in [-0.15, -0.1) is 0 Å². The van der Waals surface area contributed by atoms with Crippen LogP contribution in [0.1, 0.15) is 37.6 Å². The van der Waals surface area contributed by atoms with Gasteiger partial charge in [0.15, 0.2) is 0 Å². The molecule has 1 aliphatic carbocycles. The van der Waals surface area contributed by atoms with Gasteiger partial charge < -0.3 is 14.2 Å². The van der Waals surface area contributed by atoms with Crippen LogP contribution in [0.3, 0.4) is 0 Å². The highest BCUT2D eigenvalue weighted by Crippen LogP contribution is 2.38. The molecule has 1 amide bonds. The van der Waals surface area contributed by atoms with Gasteiger partial charge in [-0.25, -0.2) is 0 Å². The lowest BCUT2D eigenvalue weighted by Crippen LogP contribution is -2.31. The molecule has 0 radical (unpaired) electrons. The first-order valence-corrected chi connectivity index (χ1v) is 8.05. The lowest BCUT2D eigenvalue weighted by Gasteiger charge is -2.21. The molecule has 2 aromatic rings. The summed E-state index contributed by atoms with van der Waals surface area (Å²) >= 11 is 0. The van der Waals surface area contributed by atoms with Gasteiger partial charge in [-0.1, -0.05) is 5.16 Å². The number of nitrogens with zero attached hydrogens (tertiary/aromatic N) is 3. The molecule has 1 aromatic carbocycles. The average Bonchev–Trinajstić information content (AvgIpc) is 3.12. The number of hydrogen-bond acceptors (Lipinski definition) is 5. The first-order chi connectivity index (χ1) is 11.3. The number of aromatic nitrogens is 2. The molecule has 0 bridgehead atoms. The van der Waals surface area contributed by atoms with Crippen molar-refractivity contribution in [2.75, 3.05) is 13.7 Å². The van der Waals surface area contributed by atoms with Gasteiger partial charge in [0.25, 0.3) is 0 Å². The number of carbonyl (C=O) groups is 1. The maximum absolute atomic E-state index is 12.4. The van der Waals surface area contributed by atoms with E-state index in [2.05, 4.69) is 10.1 Å². The van der Waals surface area contributed by atoms with Gasteiger partial charge in [0.1, 0.15) is 11.8 Å². The maximum Gasteiger partial charge on any atom is 0.249 e. The van der Waals surface area contributed by atoms with Crippen LogP contribution in [0.15, 0.2) is 28.8 Å². The van der Waals surface area contributed by atoms with E-state index in [0.717, 1.165) is 43.5 Å². The summed E-state index contributed by atoms with van der Waals surface area (Å²) in [4.78, 5) is 18.8. The highest BCUT2D eigenvalue weighted by atomic mass is 16.5. The van der Waals surface area contributed by atoms with Gasteiger partial charge in [0, 0.05) is 18.0 Å². The number of likely N-dealkylation sites (tertiary alicyclic amines) is 1. The molecule has 2 aliphatic rings. The van der Waals surface area contributed by atoms with Crippen molar-refractivity contribution in [3.63, 3.8) is 0 Å². The molecule has 1 atom stereocenters. The van der Waals surface area contributed by atoms with Crippen molar-refractivity contribution in [3.05, 3.63) is 30.2 Å². The van der Waals surface area contributed by atoms with Crippen molar-refractivity contribution in [1.82, 2.24) is 15.0 Å². The topological polar surface area (TPSA) is 68.5 Å². The Bertz CT molecular complexity index is 706. The molecule has 23 heavy (non-hydrogen) atoms. The summed E-state index contributed by atoms with van der Waals surface area (Å²) in [6.45, 7) is 0.792. The summed E-state index contributed by atoms with van der Waals surface area (Å²) in [6, 6.07) is 7.46. The van der Waals surface area contributed by atoms with Gasteiger partial charge >= 0.3 is 0 Å². The predicted octanol–water partition coefficient (Wildman–Crippen LogP) is 2.82. The first-order valence-electron chi connectivity index (χ1n) is 8.05. The van der Waals surface area contributed by atoms with Crippen LogP contribution in [0.25, 0.3) is 11.4 Å². The minimum Gasteiger partial charge on any atom is -0.497 e. The van der Waals surface area contributed by atoms with E-state index >= 15 is 0 Å². The van der Waals surface area contributed by atoms with Crippen LogP contribution in [0.2, 0.25) is 0 Å². The monoisotopic (exact) mass is 313 g/mol. The number of carbonyl (C=O) groups excluding carboxylic acids is 1. The molecule has 2 heterocycles. The lowest BCUT2D eigenvalue weighted by molar-refractivity contribution is -0.133. The Balaban J connectivity index is 1.55. The van der Waals surface area contributed by atoms with Crippen LogP contribution in [-0.4, -0.2) is 34.6 Å². The summed E-state index contributed by atoms with van der Waals surface area (Å²) in [5, 5.41) is 4.08. The zero-order valence-electron chi connectivity index (χ0n) is 13.1. The van der Waals surface area contributed by atoms with Crippen LogP contribution < -0.4 is 4.74 Å². The van der Waals surface area contributed by atoms with Crippen LogP contribution in [0.4, 0.5) is 0 Å². The quantitative estimate of drug-likeness (QED) is 0.868. The Kier molecular flexibility index (Phi) is 3.52. The van der Waals surface area contributed by atoms with Crippen molar-refractivity contribution in [2.24, 2.45) is 5.92 Å². The van der Waals surface area contributed by atoms with Gasteiger partial charge in [-0.05, 0) is 49.9 Å². The summed E-state index contributed by atoms with van der Waals surface area (Å²) in [7, 11) is 1.63. The third-order valence-electron chi connectivity index (χ3n) is 4.54. The second-order valence-electron chi connectivity index (χ2n) is 6.15. The van der Waals surface area contributed by atoms with Crippen molar-refractivity contribution < 1.29 is 14.1 Å². The minimum absolute atomic E-state index is 0.0670. The standard InChI is InChI=1S/C17H19N3O3/c1-22-13-8-6-11(7-9-13)15-18-16(23-19-15)14-3-2-10-20(14)17(21)12-4-5-12/h6-9,12,14H,2-5,10H2,1H3/t14-/m0/s1. The highest BCUT2D eigenvalue weighted by Gasteiger charge is 2.40. The van der Waals surface area contributed by atoms with E-state index in [1.165, 1.54) is 0 Å². The van der Waals surface area contributed by atoms with E-state index in [1.54, 1.807) is 7.11 Å². The van der Waals surface area contributed by atoms with Crippen molar-refractivity contribution in [2.45, 2.75) is 31.7 Å². The Labute approximate surface area is 134 Å². The molecule has 1 saturated heterocycles. The number of amides is 1. The van der Waals surface area contributed by atoms with E-state index in [4.69, 9.17) is 9.26 Å². The molecule has 2 fully saturated rings. The SMILES string of the molecule is COc1ccc(-c2noc([C@@H]3CCCN3C(=O)C3CC3)n2)cc1. The molecule has 1 saturated carbocycles. The van der Waals surface area contributed by atoms with Crippen molar-refractivity contribution in [3.8, 4) is 17.1 Å². The zero-order chi connectivity index (χ0) is 15.8. The molecule has 0 N–H and O–H groups in total. The molecule has 0 spiro atoms. The third kappa shape index (κ3) is 2.69. The smallest absolute Gasteiger partial charge is 0.249 e. The number of ether oxygens (including phenoxy) is 1. The largest absolute Gasteiger partial charge is 0.497 e. The Hall–Kier alpha value is -2.37. The predicted molar refractivity (Wildman–Crippen MR) is 82.7 cm³/mol. The Morgan fingerprint density at radius 3 is 2.74 bits per heavy atom. The molecule has 1 aromatic heterocycles. The fourth-order valence-corrected chi connectivity index (χ4v) is 3.08. The summed E-state index contributed by atoms with van der Waals surface area (Å²) < 4.78 is 10.6. The van der Waals surface area contributed by atoms with Crippen LogP contribution in [-0.2, 0) is 4.79 Å². The molecule has 4 rings (SSSR count). The van der Waals surface area contributed by atoms with Gasteiger partial charge in [0.05, 0.1) is 7.11 Å². The van der Waals surface area contributed by atoms with Gasteiger partial charge in [0.2, 0.25) is 17.6 Å². The van der Waals surface area contributed by atoms with E-state index in [-0.39, 0.29) is 17.9 Å². The van der Waals surface area contributed by atoms with Crippen LogP contribution >= 0.6 is 0 Å². The van der Waals surface area contributed by atoms with Crippen molar-refractivity contribution in [1.29, 1.82) is 0 Å². The number of methoxy groups -OCH3 is 1. The van der Waals surface area contributed by atoms with E-state index in [1.807, 2.05) is 29.2 Å². The van der Waals surface area contributed by atoms with Gasteiger partial charge in [-0.2, -0.15) is 4.98 Å². The summed E-state index contributed by atoms with van der Waals surface area (Å²) in [6.07, 6.45) is 3.91.